The molecule has 16 heteroatoms. The van der Waals surface area contributed by atoms with Gasteiger partial charge in [-0.25, -0.2) is 4.39 Å². The van der Waals surface area contributed by atoms with Crippen LogP contribution in [-0.2, 0) is 19.2 Å². The third kappa shape index (κ3) is 9.76. The maximum atomic E-state index is 13.9. The zero-order chi connectivity index (χ0) is 42.2. The summed E-state index contributed by atoms with van der Waals surface area (Å²) in [5, 5.41) is 14.2. The number of amides is 7. The summed E-state index contributed by atoms with van der Waals surface area (Å²) < 4.78 is 13.9. The normalized spacial score (nSPS) is 16.7. The SMILES string of the molecule is CCN(CCNC(=O)c1c(C)[nH]c(/C=C2\C(=O)Nc3ccc(F)cc32)c1C)CC(=O)NCCCCCCCCNc1cccc2c1C(=O)N(C1CCC(=O)NC1=O)C2=O. The molecule has 3 aliphatic rings. The summed E-state index contributed by atoms with van der Waals surface area (Å²) in [6.07, 6.45) is 7.46. The van der Waals surface area contributed by atoms with Gasteiger partial charge in [0.25, 0.3) is 23.6 Å². The maximum absolute atomic E-state index is 13.9. The first kappa shape index (κ1) is 42.4. The van der Waals surface area contributed by atoms with Gasteiger partial charge in [0.1, 0.15) is 11.9 Å². The lowest BCUT2D eigenvalue weighted by Gasteiger charge is -2.27. The van der Waals surface area contributed by atoms with Gasteiger partial charge in [0.05, 0.1) is 28.8 Å². The Morgan fingerprint density at radius 3 is 2.39 bits per heavy atom. The molecule has 1 fully saturated rings. The number of H-pyrrole nitrogens is 1. The number of fused-ring (bicyclic) bond motifs is 2. The number of anilines is 2. The molecule has 1 unspecified atom stereocenters. The van der Waals surface area contributed by atoms with Crippen LogP contribution >= 0.6 is 0 Å². The van der Waals surface area contributed by atoms with Crippen LogP contribution in [0.5, 0.6) is 0 Å². The van der Waals surface area contributed by atoms with Crippen molar-refractivity contribution in [3.05, 3.63) is 81.4 Å². The molecule has 7 amide bonds. The molecule has 1 saturated heterocycles. The monoisotopic (exact) mass is 810 g/mol. The summed E-state index contributed by atoms with van der Waals surface area (Å²) in [7, 11) is 0. The number of likely N-dealkylation sites (N-methyl/N-ethyl adjacent to an activating group) is 1. The topological polar surface area (TPSA) is 202 Å². The highest BCUT2D eigenvalue weighted by Gasteiger charge is 2.45. The second kappa shape index (κ2) is 19.1. The van der Waals surface area contributed by atoms with E-state index < -0.39 is 35.5 Å². The van der Waals surface area contributed by atoms with Crippen LogP contribution in [0.2, 0.25) is 0 Å². The molecular formula is C43H51FN8O7. The fraction of sp³-hybridized carbons (Fsp3) is 0.419. The van der Waals surface area contributed by atoms with Crippen LogP contribution in [0, 0.1) is 19.7 Å². The van der Waals surface area contributed by atoms with E-state index >= 15 is 0 Å². The molecule has 59 heavy (non-hydrogen) atoms. The zero-order valence-electron chi connectivity index (χ0n) is 33.6. The molecule has 6 N–H and O–H groups in total. The van der Waals surface area contributed by atoms with E-state index in [1.54, 1.807) is 38.1 Å². The number of piperidine rings is 1. The maximum Gasteiger partial charge on any atom is 0.264 e. The highest BCUT2D eigenvalue weighted by atomic mass is 19.1. The largest absolute Gasteiger partial charge is 0.384 e. The van der Waals surface area contributed by atoms with E-state index in [1.165, 1.54) is 18.2 Å². The van der Waals surface area contributed by atoms with Crippen molar-refractivity contribution in [2.45, 2.75) is 78.2 Å². The summed E-state index contributed by atoms with van der Waals surface area (Å²) >= 11 is 0. The van der Waals surface area contributed by atoms with Crippen LogP contribution in [-0.4, -0.2) is 101 Å². The average molecular weight is 811 g/mol. The zero-order valence-corrected chi connectivity index (χ0v) is 33.6. The third-order valence-electron chi connectivity index (χ3n) is 11.0. The molecule has 1 atom stereocenters. The molecule has 15 nitrogen and oxygen atoms in total. The molecule has 0 spiro atoms. The van der Waals surface area contributed by atoms with Crippen LogP contribution in [0.15, 0.2) is 36.4 Å². The lowest BCUT2D eigenvalue weighted by molar-refractivity contribution is -0.136. The Kier molecular flexibility index (Phi) is 13.7. The fourth-order valence-electron chi connectivity index (χ4n) is 7.80. The number of carbonyl (C=O) groups excluding carboxylic acids is 7. The van der Waals surface area contributed by atoms with E-state index in [2.05, 4.69) is 31.6 Å². The first-order chi connectivity index (χ1) is 28.4. The molecule has 1 aromatic heterocycles. The highest BCUT2D eigenvalue weighted by molar-refractivity contribution is 6.35. The molecule has 6 rings (SSSR count). The third-order valence-corrected chi connectivity index (χ3v) is 11.0. The van der Waals surface area contributed by atoms with Crippen molar-refractivity contribution in [2.24, 2.45) is 0 Å². The minimum atomic E-state index is -1.00. The lowest BCUT2D eigenvalue weighted by Crippen LogP contribution is -2.54. The number of halogens is 1. The average Bonchev–Trinajstić information content (AvgIpc) is 3.77. The molecule has 312 valence electrons. The van der Waals surface area contributed by atoms with E-state index in [0.29, 0.717) is 77.7 Å². The number of hydrogen-bond donors (Lipinski definition) is 6. The lowest BCUT2D eigenvalue weighted by atomic mass is 10.0. The highest BCUT2D eigenvalue weighted by Crippen LogP contribution is 2.35. The molecule has 0 aliphatic carbocycles. The summed E-state index contributed by atoms with van der Waals surface area (Å²) in [5.41, 5.74) is 4.73. The first-order valence-electron chi connectivity index (χ1n) is 20.3. The van der Waals surface area contributed by atoms with Crippen LogP contribution in [0.4, 0.5) is 15.8 Å². The Morgan fingerprint density at radius 2 is 1.64 bits per heavy atom. The van der Waals surface area contributed by atoms with Crippen molar-refractivity contribution in [3.63, 3.8) is 0 Å². The van der Waals surface area contributed by atoms with Gasteiger partial charge in [-0.1, -0.05) is 38.7 Å². The Hall–Kier alpha value is -6.16. The smallest absolute Gasteiger partial charge is 0.264 e. The molecule has 2 aromatic carbocycles. The molecule has 0 bridgehead atoms. The van der Waals surface area contributed by atoms with Gasteiger partial charge >= 0.3 is 0 Å². The van der Waals surface area contributed by atoms with E-state index in [9.17, 15) is 38.0 Å². The number of carbonyl (C=O) groups is 7. The van der Waals surface area contributed by atoms with E-state index in [1.807, 2.05) is 11.8 Å². The summed E-state index contributed by atoms with van der Waals surface area (Å²) in [4.78, 5) is 94.8. The number of aromatic nitrogens is 1. The quantitative estimate of drug-likeness (QED) is 0.0581. The number of rotatable bonds is 19. The number of imide groups is 2. The van der Waals surface area contributed by atoms with Crippen LogP contribution in [0.25, 0.3) is 11.6 Å². The van der Waals surface area contributed by atoms with Gasteiger partial charge in [-0.05, 0) is 81.6 Å². The second-order valence-corrected chi connectivity index (χ2v) is 15.1. The first-order valence-corrected chi connectivity index (χ1v) is 20.3. The van der Waals surface area contributed by atoms with Crippen LogP contribution in [0.3, 0.4) is 0 Å². The number of aryl methyl sites for hydroxylation is 1. The fourth-order valence-corrected chi connectivity index (χ4v) is 7.80. The molecule has 0 saturated carbocycles. The van der Waals surface area contributed by atoms with Crippen molar-refractivity contribution < 1.29 is 38.0 Å². The molecule has 3 aliphatic heterocycles. The van der Waals surface area contributed by atoms with Gasteiger partial charge in [-0.15, -0.1) is 0 Å². The van der Waals surface area contributed by atoms with Gasteiger partial charge in [0, 0.05) is 60.9 Å². The number of nitrogens with zero attached hydrogens (tertiary/aromatic N) is 2. The van der Waals surface area contributed by atoms with Crippen LogP contribution < -0.4 is 26.6 Å². The van der Waals surface area contributed by atoms with Crippen molar-refractivity contribution in [2.75, 3.05) is 49.9 Å². The molecule has 0 radical (unpaired) electrons. The number of benzene rings is 2. The van der Waals surface area contributed by atoms with E-state index in [4.69, 9.17) is 0 Å². The number of unbranched alkanes of at least 4 members (excludes halogenated alkanes) is 5. The Morgan fingerprint density at radius 1 is 0.898 bits per heavy atom. The van der Waals surface area contributed by atoms with Gasteiger partial charge in [0.15, 0.2) is 0 Å². The minimum absolute atomic E-state index is 0.0680. The van der Waals surface area contributed by atoms with Crippen molar-refractivity contribution in [1.82, 2.24) is 30.7 Å². The summed E-state index contributed by atoms with van der Waals surface area (Å²) in [6.45, 7) is 8.36. The number of nitrogens with one attached hydrogen (secondary N) is 6. The Balaban J connectivity index is 0.841. The van der Waals surface area contributed by atoms with E-state index in [0.717, 1.165) is 43.4 Å². The van der Waals surface area contributed by atoms with Crippen LogP contribution in [0.1, 0.15) is 112 Å². The van der Waals surface area contributed by atoms with Crippen molar-refractivity contribution in [1.29, 1.82) is 0 Å². The van der Waals surface area contributed by atoms with Gasteiger partial charge in [0.2, 0.25) is 17.7 Å². The van der Waals surface area contributed by atoms with Crippen molar-refractivity contribution in [3.8, 4) is 0 Å². The number of hydrogen-bond acceptors (Lipinski definition) is 9. The summed E-state index contributed by atoms with van der Waals surface area (Å²) in [6, 6.07) is 8.14. The molecule has 3 aromatic rings. The minimum Gasteiger partial charge on any atom is -0.384 e. The predicted octanol–water partition coefficient (Wildman–Crippen LogP) is 4.29. The predicted molar refractivity (Wildman–Crippen MR) is 220 cm³/mol. The second-order valence-electron chi connectivity index (χ2n) is 15.1. The Bertz CT molecular complexity index is 2200. The van der Waals surface area contributed by atoms with E-state index in [-0.39, 0.29) is 48.2 Å². The standard InChI is InChI=1S/C43H51FN8O7/c1-4-51(21-20-47-41(57)37-25(2)33(48-26(37)3)23-30-29-22-27(44)14-15-31(29)49-39(30)55)24-36(54)46-19-10-8-6-5-7-9-18-45-32-13-11-12-28-38(32)43(59)52(42(28)58)34-16-17-35(53)50-40(34)56/h11-15,22-23,34,45,48H,4-10,16-21,24H2,1-3H3,(H,46,54)(H,47,57)(H,49,55)(H,50,53,56)/b30-23-. The Labute approximate surface area is 341 Å². The van der Waals surface area contributed by atoms with Crippen molar-refractivity contribution >= 4 is 64.4 Å². The summed E-state index contributed by atoms with van der Waals surface area (Å²) in [5.74, 6) is -3.25. The van der Waals surface area contributed by atoms with Gasteiger partial charge in [-0.2, -0.15) is 0 Å². The molecule has 4 heterocycles. The number of aromatic amines is 1. The van der Waals surface area contributed by atoms with Gasteiger partial charge < -0.3 is 26.3 Å². The molecular weight excluding hydrogens is 760 g/mol. The van der Waals surface area contributed by atoms with Gasteiger partial charge in [-0.3, -0.25) is 48.7 Å².